The Balaban J connectivity index is 1.48. The molecule has 3 unspecified atom stereocenters. The van der Waals surface area contributed by atoms with Gasteiger partial charge in [-0.1, -0.05) is 30.3 Å². The van der Waals surface area contributed by atoms with Crippen molar-refractivity contribution < 1.29 is 4.74 Å². The van der Waals surface area contributed by atoms with Gasteiger partial charge in [0.1, 0.15) is 0 Å². The third-order valence-corrected chi connectivity index (χ3v) is 4.49. The molecule has 3 atom stereocenters. The van der Waals surface area contributed by atoms with Crippen LogP contribution in [0.25, 0.3) is 0 Å². The van der Waals surface area contributed by atoms with E-state index in [4.69, 9.17) is 4.74 Å². The van der Waals surface area contributed by atoms with Crippen LogP contribution < -0.4 is 10.6 Å². The number of guanidine groups is 1. The summed E-state index contributed by atoms with van der Waals surface area (Å²) in [7, 11) is 1.83. The third kappa shape index (κ3) is 3.56. The van der Waals surface area contributed by atoms with Crippen LogP contribution in [0.5, 0.6) is 0 Å². The number of benzene rings is 1. The van der Waals surface area contributed by atoms with Gasteiger partial charge < -0.3 is 15.4 Å². The average Bonchev–Trinajstić information content (AvgIpc) is 3.16. The number of hydrogen-bond donors (Lipinski definition) is 2. The van der Waals surface area contributed by atoms with Crippen molar-refractivity contribution in [2.75, 3.05) is 20.2 Å². The molecule has 4 nitrogen and oxygen atoms in total. The summed E-state index contributed by atoms with van der Waals surface area (Å²) in [5, 5.41) is 6.92. The van der Waals surface area contributed by atoms with E-state index in [0.29, 0.717) is 12.0 Å². The van der Waals surface area contributed by atoms with E-state index in [1.807, 2.05) is 7.05 Å². The van der Waals surface area contributed by atoms with E-state index in [2.05, 4.69) is 52.9 Å². The Bertz CT molecular complexity index is 494. The summed E-state index contributed by atoms with van der Waals surface area (Å²) >= 11 is 0. The lowest BCUT2D eigenvalue weighted by atomic mass is 10.0. The summed E-state index contributed by atoms with van der Waals surface area (Å²) in [5.74, 6) is 1.50. The Morgan fingerprint density at radius 3 is 2.86 bits per heavy atom. The van der Waals surface area contributed by atoms with Gasteiger partial charge in [0.25, 0.3) is 0 Å². The number of ether oxygens (including phenoxy) is 1. The van der Waals surface area contributed by atoms with Crippen LogP contribution in [0, 0.1) is 0 Å². The number of hydrogen-bond acceptors (Lipinski definition) is 2. The fourth-order valence-corrected chi connectivity index (χ4v) is 3.04. The molecule has 0 radical (unpaired) electrons. The van der Waals surface area contributed by atoms with E-state index >= 15 is 0 Å². The number of aliphatic imine (C=N–C) groups is 1. The molecule has 0 aromatic heterocycles. The van der Waals surface area contributed by atoms with Gasteiger partial charge in [0.05, 0.1) is 5.60 Å². The second kappa shape index (κ2) is 6.06. The van der Waals surface area contributed by atoms with Gasteiger partial charge in [0.15, 0.2) is 5.96 Å². The Labute approximate surface area is 127 Å². The van der Waals surface area contributed by atoms with Crippen LogP contribution in [-0.2, 0) is 4.74 Å². The van der Waals surface area contributed by atoms with Gasteiger partial charge in [0.2, 0.25) is 0 Å². The predicted octanol–water partition coefficient (Wildman–Crippen LogP) is 2.28. The van der Waals surface area contributed by atoms with E-state index in [9.17, 15) is 0 Å². The molecule has 1 aliphatic carbocycles. The summed E-state index contributed by atoms with van der Waals surface area (Å²) in [6.45, 7) is 3.86. The topological polar surface area (TPSA) is 45.7 Å². The average molecular weight is 287 g/mol. The van der Waals surface area contributed by atoms with Crippen LogP contribution in [0.2, 0.25) is 0 Å². The van der Waals surface area contributed by atoms with Crippen molar-refractivity contribution in [1.82, 2.24) is 10.6 Å². The molecule has 0 amide bonds. The van der Waals surface area contributed by atoms with Crippen LogP contribution in [-0.4, -0.2) is 37.8 Å². The highest BCUT2D eigenvalue weighted by molar-refractivity contribution is 5.80. The fourth-order valence-electron chi connectivity index (χ4n) is 3.04. The highest BCUT2D eigenvalue weighted by atomic mass is 16.5. The number of nitrogens with zero attached hydrogens (tertiary/aromatic N) is 1. The molecule has 3 rings (SSSR count). The van der Waals surface area contributed by atoms with Gasteiger partial charge >= 0.3 is 0 Å². The van der Waals surface area contributed by atoms with Crippen LogP contribution >= 0.6 is 0 Å². The first kappa shape index (κ1) is 14.4. The molecule has 1 saturated heterocycles. The molecule has 4 heteroatoms. The highest BCUT2D eigenvalue weighted by Gasteiger charge is 2.39. The van der Waals surface area contributed by atoms with Crippen molar-refractivity contribution in [2.24, 2.45) is 4.99 Å². The first-order valence-electron chi connectivity index (χ1n) is 7.86. The van der Waals surface area contributed by atoms with Crippen molar-refractivity contribution in [2.45, 2.75) is 43.7 Å². The van der Waals surface area contributed by atoms with Gasteiger partial charge in [-0.3, -0.25) is 4.99 Å². The summed E-state index contributed by atoms with van der Waals surface area (Å²) in [4.78, 5) is 4.33. The fraction of sp³-hybridized carbons (Fsp3) is 0.588. The minimum absolute atomic E-state index is 0.0417. The van der Waals surface area contributed by atoms with Gasteiger partial charge in [-0.05, 0) is 31.7 Å². The quantitative estimate of drug-likeness (QED) is 0.659. The van der Waals surface area contributed by atoms with Crippen LogP contribution in [0.4, 0.5) is 0 Å². The molecule has 2 N–H and O–H groups in total. The van der Waals surface area contributed by atoms with E-state index in [0.717, 1.165) is 32.0 Å². The Kier molecular flexibility index (Phi) is 4.15. The van der Waals surface area contributed by atoms with Crippen molar-refractivity contribution in [1.29, 1.82) is 0 Å². The molecule has 1 aromatic rings. The zero-order valence-electron chi connectivity index (χ0n) is 12.9. The highest BCUT2D eigenvalue weighted by Crippen LogP contribution is 2.40. The largest absolute Gasteiger partial charge is 0.373 e. The van der Waals surface area contributed by atoms with E-state index < -0.39 is 0 Å². The van der Waals surface area contributed by atoms with Crippen molar-refractivity contribution in [3.05, 3.63) is 35.9 Å². The van der Waals surface area contributed by atoms with Gasteiger partial charge in [0, 0.05) is 32.2 Å². The smallest absolute Gasteiger partial charge is 0.191 e. The number of nitrogens with one attached hydrogen (secondary N) is 2. The normalized spacial score (nSPS) is 32.0. The molecule has 0 spiro atoms. The maximum Gasteiger partial charge on any atom is 0.191 e. The third-order valence-electron chi connectivity index (χ3n) is 4.49. The van der Waals surface area contributed by atoms with Gasteiger partial charge in [-0.25, -0.2) is 0 Å². The molecule has 1 aromatic carbocycles. The molecule has 1 saturated carbocycles. The maximum atomic E-state index is 5.80. The SMILES string of the molecule is CN=C(NCC1(C)CCCO1)NC1CC1c1ccccc1. The first-order valence-corrected chi connectivity index (χ1v) is 7.86. The van der Waals surface area contributed by atoms with Crippen molar-refractivity contribution in [3.63, 3.8) is 0 Å². The summed E-state index contributed by atoms with van der Waals surface area (Å²) in [5.41, 5.74) is 1.37. The maximum absolute atomic E-state index is 5.80. The molecule has 1 aliphatic heterocycles. The van der Waals surface area contributed by atoms with Crippen LogP contribution in [0.1, 0.15) is 37.7 Å². The molecular formula is C17H25N3O. The second-order valence-corrected chi connectivity index (χ2v) is 6.33. The number of rotatable bonds is 4. The van der Waals surface area contributed by atoms with Gasteiger partial charge in [-0.15, -0.1) is 0 Å². The van der Waals surface area contributed by atoms with Crippen LogP contribution in [0.3, 0.4) is 0 Å². The summed E-state index contributed by atoms with van der Waals surface area (Å²) < 4.78 is 5.80. The van der Waals surface area contributed by atoms with Crippen molar-refractivity contribution in [3.8, 4) is 0 Å². The lowest BCUT2D eigenvalue weighted by molar-refractivity contribution is 0.0243. The second-order valence-electron chi connectivity index (χ2n) is 6.33. The monoisotopic (exact) mass is 287 g/mol. The molecule has 114 valence electrons. The molecular weight excluding hydrogens is 262 g/mol. The Morgan fingerprint density at radius 1 is 1.38 bits per heavy atom. The zero-order valence-corrected chi connectivity index (χ0v) is 12.9. The minimum Gasteiger partial charge on any atom is -0.373 e. The van der Waals surface area contributed by atoms with Crippen LogP contribution in [0.15, 0.2) is 35.3 Å². The first-order chi connectivity index (χ1) is 10.2. The van der Waals surface area contributed by atoms with E-state index in [1.165, 1.54) is 12.0 Å². The Hall–Kier alpha value is -1.55. The molecule has 2 aliphatic rings. The van der Waals surface area contributed by atoms with Gasteiger partial charge in [-0.2, -0.15) is 0 Å². The molecule has 21 heavy (non-hydrogen) atoms. The zero-order chi connectivity index (χ0) is 14.7. The Morgan fingerprint density at radius 2 is 2.19 bits per heavy atom. The summed E-state index contributed by atoms with van der Waals surface area (Å²) in [6, 6.07) is 11.2. The standard InChI is InChI=1S/C17H25N3O/c1-17(9-6-10-21-17)12-19-16(18-2)20-15-11-14(15)13-7-4-3-5-8-13/h3-5,7-8,14-15H,6,9-12H2,1-2H3,(H2,18,19,20). The summed E-state index contributed by atoms with van der Waals surface area (Å²) in [6.07, 6.45) is 3.45. The molecule has 0 bridgehead atoms. The van der Waals surface area contributed by atoms with E-state index in [-0.39, 0.29) is 5.60 Å². The lowest BCUT2D eigenvalue weighted by Crippen LogP contribution is -2.46. The van der Waals surface area contributed by atoms with E-state index in [1.54, 1.807) is 0 Å². The minimum atomic E-state index is -0.0417. The molecule has 1 heterocycles. The lowest BCUT2D eigenvalue weighted by Gasteiger charge is -2.24. The molecule has 2 fully saturated rings. The van der Waals surface area contributed by atoms with Crippen molar-refractivity contribution >= 4 is 5.96 Å². The predicted molar refractivity (Wildman–Crippen MR) is 85.7 cm³/mol.